The highest BCUT2D eigenvalue weighted by Crippen LogP contribution is 2.20. The van der Waals surface area contributed by atoms with Crippen LogP contribution in [0.25, 0.3) is 0 Å². The molecule has 0 aromatic heterocycles. The van der Waals surface area contributed by atoms with Gasteiger partial charge in [-0.3, -0.25) is 14.7 Å². The first-order valence-corrected chi connectivity index (χ1v) is 10.3. The van der Waals surface area contributed by atoms with Crippen molar-refractivity contribution in [2.45, 2.75) is 26.4 Å². The van der Waals surface area contributed by atoms with Gasteiger partial charge in [0, 0.05) is 50.4 Å². The van der Waals surface area contributed by atoms with E-state index >= 15 is 0 Å². The number of carbonyl (C=O) groups is 1. The van der Waals surface area contributed by atoms with Crippen molar-refractivity contribution < 1.29 is 9.53 Å². The lowest BCUT2D eigenvalue weighted by Gasteiger charge is -2.26. The zero-order valence-corrected chi connectivity index (χ0v) is 16.9. The van der Waals surface area contributed by atoms with Crippen molar-refractivity contribution >= 4 is 17.3 Å². The maximum absolute atomic E-state index is 12.5. The van der Waals surface area contributed by atoms with E-state index in [2.05, 4.69) is 39.6 Å². The molecule has 6 heteroatoms. The molecule has 6 nitrogen and oxygen atoms in total. The molecule has 0 aliphatic carbocycles. The van der Waals surface area contributed by atoms with Gasteiger partial charge in [0.25, 0.3) is 5.91 Å². The molecule has 0 atom stereocenters. The Morgan fingerprint density at radius 2 is 1.69 bits per heavy atom. The molecule has 1 saturated heterocycles. The largest absolute Gasteiger partial charge is 0.379 e. The number of rotatable bonds is 6. The van der Waals surface area contributed by atoms with Crippen molar-refractivity contribution in [3.63, 3.8) is 0 Å². The molecule has 29 heavy (non-hydrogen) atoms. The number of carbonyl (C=O) groups excluding carboxylic acids is 1. The van der Waals surface area contributed by atoms with E-state index in [1.807, 2.05) is 36.2 Å². The molecule has 0 spiro atoms. The third-order valence-electron chi connectivity index (χ3n) is 5.39. The predicted molar refractivity (Wildman–Crippen MR) is 115 cm³/mol. The lowest BCUT2D eigenvalue weighted by atomic mass is 10.1. The van der Waals surface area contributed by atoms with Gasteiger partial charge in [-0.15, -0.1) is 0 Å². The van der Waals surface area contributed by atoms with Gasteiger partial charge in [-0.2, -0.15) is 5.10 Å². The molecule has 1 amide bonds. The second-order valence-electron chi connectivity index (χ2n) is 7.64. The fourth-order valence-electron chi connectivity index (χ4n) is 3.61. The average molecular weight is 393 g/mol. The van der Waals surface area contributed by atoms with Crippen molar-refractivity contribution in [2.75, 3.05) is 37.9 Å². The molecule has 2 aliphatic heterocycles. The minimum absolute atomic E-state index is 0.0601. The normalized spacial score (nSPS) is 17.3. The lowest BCUT2D eigenvalue weighted by molar-refractivity contribution is 0.0342. The van der Waals surface area contributed by atoms with Gasteiger partial charge in [0.15, 0.2) is 0 Å². The van der Waals surface area contributed by atoms with E-state index in [1.165, 1.54) is 5.56 Å². The number of anilines is 1. The zero-order valence-electron chi connectivity index (χ0n) is 16.9. The molecule has 2 aromatic rings. The highest BCUT2D eigenvalue weighted by molar-refractivity contribution is 5.94. The number of amides is 1. The average Bonchev–Trinajstić information content (AvgIpc) is 3.20. The Morgan fingerprint density at radius 3 is 2.34 bits per heavy atom. The Labute approximate surface area is 172 Å². The monoisotopic (exact) mass is 392 g/mol. The van der Waals surface area contributed by atoms with E-state index in [0.717, 1.165) is 62.8 Å². The molecule has 2 heterocycles. The van der Waals surface area contributed by atoms with Crippen LogP contribution in [0.2, 0.25) is 0 Å². The molecule has 0 bridgehead atoms. The molecule has 0 saturated carbocycles. The Bertz CT molecular complexity index is 855. The van der Waals surface area contributed by atoms with Gasteiger partial charge in [-0.05, 0) is 42.3 Å². The molecule has 1 N–H and O–H groups in total. The van der Waals surface area contributed by atoms with Crippen LogP contribution in [0, 0.1) is 0 Å². The van der Waals surface area contributed by atoms with Crippen LogP contribution in [0.3, 0.4) is 0 Å². The number of hydrogen-bond donors (Lipinski definition) is 1. The van der Waals surface area contributed by atoms with Crippen LogP contribution >= 0.6 is 0 Å². The number of hydrazone groups is 1. The molecule has 4 rings (SSSR count). The Hall–Kier alpha value is -2.70. The summed E-state index contributed by atoms with van der Waals surface area (Å²) < 4.78 is 5.39. The van der Waals surface area contributed by atoms with Crippen molar-refractivity contribution in [2.24, 2.45) is 5.10 Å². The van der Waals surface area contributed by atoms with Crippen molar-refractivity contribution in [3.05, 3.63) is 65.2 Å². The van der Waals surface area contributed by atoms with Crippen molar-refractivity contribution in [3.8, 4) is 0 Å². The van der Waals surface area contributed by atoms with Crippen LogP contribution in [0.1, 0.15) is 34.8 Å². The molecule has 0 radical (unpaired) electrons. The number of nitrogens with zero attached hydrogens (tertiary/aromatic N) is 3. The first-order chi connectivity index (χ1) is 14.2. The molecule has 152 valence electrons. The zero-order chi connectivity index (χ0) is 20.1. The van der Waals surface area contributed by atoms with E-state index in [4.69, 9.17) is 4.74 Å². The minimum Gasteiger partial charge on any atom is -0.379 e. The first kappa shape index (κ1) is 19.6. The first-order valence-electron chi connectivity index (χ1n) is 10.3. The Balaban J connectivity index is 1.27. The van der Waals surface area contributed by atoms with E-state index in [0.29, 0.717) is 12.1 Å². The van der Waals surface area contributed by atoms with Gasteiger partial charge in [0.1, 0.15) is 0 Å². The summed E-state index contributed by atoms with van der Waals surface area (Å²) in [5, 5.41) is 9.48. The second-order valence-corrected chi connectivity index (χ2v) is 7.64. The standard InChI is InChI=1S/C23H28N4O2/c1-18-10-11-27(25-18)22-8-6-21(7-9-22)23(28)24-16-19-2-4-20(5-3-19)17-26-12-14-29-15-13-26/h2-9H,10-17H2,1H3,(H,24,28). The van der Waals surface area contributed by atoms with Crippen LogP contribution in [-0.4, -0.2) is 49.4 Å². The van der Waals surface area contributed by atoms with Gasteiger partial charge in [-0.1, -0.05) is 24.3 Å². The fraction of sp³-hybridized carbons (Fsp3) is 0.391. The highest BCUT2D eigenvalue weighted by atomic mass is 16.5. The van der Waals surface area contributed by atoms with Crippen molar-refractivity contribution in [1.82, 2.24) is 10.2 Å². The fourth-order valence-corrected chi connectivity index (χ4v) is 3.61. The summed E-state index contributed by atoms with van der Waals surface area (Å²) >= 11 is 0. The van der Waals surface area contributed by atoms with E-state index in [1.54, 1.807) is 0 Å². The van der Waals surface area contributed by atoms with Crippen LogP contribution in [0.5, 0.6) is 0 Å². The molecule has 2 aliphatic rings. The maximum atomic E-state index is 12.5. The van der Waals surface area contributed by atoms with Gasteiger partial charge >= 0.3 is 0 Å². The molecule has 1 fully saturated rings. The second kappa shape index (κ2) is 9.20. The summed E-state index contributed by atoms with van der Waals surface area (Å²) in [6, 6.07) is 16.1. The SMILES string of the molecule is CC1=NN(c2ccc(C(=O)NCc3ccc(CN4CCOCC4)cc3)cc2)CC1. The third kappa shape index (κ3) is 5.22. The minimum atomic E-state index is -0.0601. The Morgan fingerprint density at radius 1 is 1.00 bits per heavy atom. The van der Waals surface area contributed by atoms with Crippen LogP contribution in [-0.2, 0) is 17.8 Å². The molecule has 2 aromatic carbocycles. The number of ether oxygens (including phenoxy) is 1. The number of morpholine rings is 1. The number of benzene rings is 2. The van der Waals surface area contributed by atoms with Gasteiger partial charge in [0.2, 0.25) is 0 Å². The summed E-state index contributed by atoms with van der Waals surface area (Å²) in [7, 11) is 0. The predicted octanol–water partition coefficient (Wildman–Crippen LogP) is 3.03. The van der Waals surface area contributed by atoms with Crippen LogP contribution in [0.15, 0.2) is 53.6 Å². The molecular formula is C23H28N4O2. The van der Waals surface area contributed by atoms with E-state index in [-0.39, 0.29) is 5.91 Å². The topological polar surface area (TPSA) is 57.2 Å². The molecular weight excluding hydrogens is 364 g/mol. The lowest BCUT2D eigenvalue weighted by Crippen LogP contribution is -2.35. The number of hydrogen-bond acceptors (Lipinski definition) is 5. The summed E-state index contributed by atoms with van der Waals surface area (Å²) in [6.07, 6.45) is 0.994. The summed E-state index contributed by atoms with van der Waals surface area (Å²) in [4.78, 5) is 14.9. The highest BCUT2D eigenvalue weighted by Gasteiger charge is 2.14. The maximum Gasteiger partial charge on any atom is 0.251 e. The van der Waals surface area contributed by atoms with Crippen LogP contribution < -0.4 is 10.3 Å². The van der Waals surface area contributed by atoms with Crippen LogP contribution in [0.4, 0.5) is 5.69 Å². The molecule has 0 unspecified atom stereocenters. The third-order valence-corrected chi connectivity index (χ3v) is 5.39. The number of nitrogens with one attached hydrogen (secondary N) is 1. The van der Waals surface area contributed by atoms with Gasteiger partial charge < -0.3 is 10.1 Å². The van der Waals surface area contributed by atoms with E-state index < -0.39 is 0 Å². The van der Waals surface area contributed by atoms with E-state index in [9.17, 15) is 4.79 Å². The Kier molecular flexibility index (Phi) is 6.22. The van der Waals surface area contributed by atoms with Gasteiger partial charge in [-0.25, -0.2) is 0 Å². The van der Waals surface area contributed by atoms with Gasteiger partial charge in [0.05, 0.1) is 18.9 Å². The smallest absolute Gasteiger partial charge is 0.251 e. The summed E-state index contributed by atoms with van der Waals surface area (Å²) in [5.41, 5.74) is 5.22. The quantitative estimate of drug-likeness (QED) is 0.821. The summed E-state index contributed by atoms with van der Waals surface area (Å²) in [6.45, 7) is 8.01. The van der Waals surface area contributed by atoms with Crippen molar-refractivity contribution in [1.29, 1.82) is 0 Å². The summed E-state index contributed by atoms with van der Waals surface area (Å²) in [5.74, 6) is -0.0601.